The molecule has 1 aliphatic carbocycles. The highest BCUT2D eigenvalue weighted by molar-refractivity contribution is 5.77. The molecule has 0 fully saturated rings. The van der Waals surface area contributed by atoms with E-state index in [0.29, 0.717) is 5.76 Å². The first-order valence-corrected chi connectivity index (χ1v) is 6.70. The van der Waals surface area contributed by atoms with Crippen molar-refractivity contribution in [2.45, 2.75) is 40.0 Å². The first-order chi connectivity index (χ1) is 8.95. The van der Waals surface area contributed by atoms with Crippen LogP contribution in [0.2, 0.25) is 0 Å². The average Bonchev–Trinajstić information content (AvgIpc) is 2.37. The molecule has 0 amide bonds. The van der Waals surface area contributed by atoms with Crippen molar-refractivity contribution >= 4 is 12.0 Å². The fourth-order valence-electron chi connectivity index (χ4n) is 2.08. The number of aliphatic hydroxyl groups excluding tert-OH is 1. The van der Waals surface area contributed by atoms with E-state index in [0.717, 1.165) is 25.5 Å². The zero-order valence-electron chi connectivity index (χ0n) is 11.9. The number of nitrogens with one attached hydrogen (secondary N) is 1. The SMILES string of the molecule is CC(=O)[C@@H](C)CCC1=CC(OCC=N)=C(O)C(C)C1. The van der Waals surface area contributed by atoms with Gasteiger partial charge in [-0.25, -0.2) is 0 Å². The standard InChI is InChI=1S/C15H23NO3/c1-10(12(3)17)4-5-13-8-11(2)15(18)14(9-13)19-7-6-16/h6,9-11,16,18H,4-5,7-8H2,1-3H3/t10-,11?/m0/s1. The first-order valence-electron chi connectivity index (χ1n) is 6.70. The Hall–Kier alpha value is -1.58. The van der Waals surface area contributed by atoms with Crippen LogP contribution in [0.25, 0.3) is 0 Å². The van der Waals surface area contributed by atoms with Crippen LogP contribution in [-0.2, 0) is 9.53 Å². The zero-order valence-corrected chi connectivity index (χ0v) is 11.9. The minimum Gasteiger partial charge on any atom is -0.508 e. The summed E-state index contributed by atoms with van der Waals surface area (Å²) in [6.07, 6.45) is 5.48. The molecule has 1 unspecified atom stereocenters. The van der Waals surface area contributed by atoms with E-state index in [9.17, 15) is 9.90 Å². The third-order valence-electron chi connectivity index (χ3n) is 3.54. The molecule has 2 atom stereocenters. The maximum absolute atomic E-state index is 11.2. The van der Waals surface area contributed by atoms with E-state index < -0.39 is 0 Å². The van der Waals surface area contributed by atoms with Gasteiger partial charge < -0.3 is 15.3 Å². The van der Waals surface area contributed by atoms with E-state index >= 15 is 0 Å². The number of carbonyl (C=O) groups is 1. The molecule has 0 aromatic heterocycles. The number of hydrogen-bond acceptors (Lipinski definition) is 4. The van der Waals surface area contributed by atoms with Crippen molar-refractivity contribution in [1.29, 1.82) is 5.41 Å². The Balaban J connectivity index is 2.68. The molecular formula is C15H23NO3. The van der Waals surface area contributed by atoms with Gasteiger partial charge in [0.05, 0.1) is 0 Å². The summed E-state index contributed by atoms with van der Waals surface area (Å²) in [7, 11) is 0. The Bertz CT molecular complexity index is 410. The molecule has 1 aliphatic rings. The molecule has 0 aromatic carbocycles. The number of carbonyl (C=O) groups excluding carboxylic acids is 1. The van der Waals surface area contributed by atoms with Crippen LogP contribution in [0.4, 0.5) is 0 Å². The minimum absolute atomic E-state index is 0.0355. The molecular weight excluding hydrogens is 242 g/mol. The number of aliphatic hydroxyl groups is 1. The molecule has 106 valence electrons. The predicted molar refractivity (Wildman–Crippen MR) is 75.3 cm³/mol. The van der Waals surface area contributed by atoms with E-state index in [1.807, 2.05) is 19.9 Å². The topological polar surface area (TPSA) is 70.4 Å². The lowest BCUT2D eigenvalue weighted by Crippen LogP contribution is -2.13. The average molecular weight is 265 g/mol. The summed E-state index contributed by atoms with van der Waals surface area (Å²) in [4.78, 5) is 11.2. The number of allylic oxidation sites excluding steroid dienone is 3. The molecule has 4 heteroatoms. The van der Waals surface area contributed by atoms with Crippen molar-refractivity contribution in [3.05, 3.63) is 23.2 Å². The predicted octanol–water partition coefficient (Wildman–Crippen LogP) is 3.39. The second-order valence-electron chi connectivity index (χ2n) is 5.22. The second kappa shape index (κ2) is 7.12. The second-order valence-corrected chi connectivity index (χ2v) is 5.22. The van der Waals surface area contributed by atoms with Crippen molar-refractivity contribution in [3.63, 3.8) is 0 Å². The molecule has 0 bridgehead atoms. The van der Waals surface area contributed by atoms with Crippen molar-refractivity contribution in [3.8, 4) is 0 Å². The highest BCUT2D eigenvalue weighted by Crippen LogP contribution is 2.31. The molecule has 19 heavy (non-hydrogen) atoms. The molecule has 0 heterocycles. The maximum atomic E-state index is 11.2. The Labute approximate surface area is 114 Å². The van der Waals surface area contributed by atoms with Crippen molar-refractivity contribution in [1.82, 2.24) is 0 Å². The number of rotatable bonds is 7. The van der Waals surface area contributed by atoms with Crippen LogP contribution in [0, 0.1) is 17.2 Å². The van der Waals surface area contributed by atoms with Crippen LogP contribution < -0.4 is 0 Å². The Morgan fingerprint density at radius 1 is 1.68 bits per heavy atom. The number of ketones is 1. The third-order valence-corrected chi connectivity index (χ3v) is 3.54. The van der Waals surface area contributed by atoms with Crippen molar-refractivity contribution in [2.75, 3.05) is 6.61 Å². The van der Waals surface area contributed by atoms with Crippen molar-refractivity contribution < 1.29 is 14.6 Å². The van der Waals surface area contributed by atoms with Gasteiger partial charge in [-0.1, -0.05) is 19.4 Å². The van der Waals surface area contributed by atoms with Crippen LogP contribution in [-0.4, -0.2) is 23.7 Å². The Morgan fingerprint density at radius 2 is 2.37 bits per heavy atom. The normalized spacial score (nSPS) is 20.8. The van der Waals surface area contributed by atoms with Gasteiger partial charge in [0.15, 0.2) is 5.76 Å². The number of Topliss-reactive ketones (excluding diaryl/α,β-unsaturated/α-hetero) is 1. The molecule has 2 N–H and O–H groups in total. The molecule has 0 saturated heterocycles. The van der Waals surface area contributed by atoms with Gasteiger partial charge in [0.1, 0.15) is 18.1 Å². The summed E-state index contributed by atoms with van der Waals surface area (Å²) in [5.41, 5.74) is 1.19. The van der Waals surface area contributed by atoms with Gasteiger partial charge in [-0.15, -0.1) is 0 Å². The molecule has 4 nitrogen and oxygen atoms in total. The van der Waals surface area contributed by atoms with Crippen LogP contribution in [0.15, 0.2) is 23.2 Å². The zero-order chi connectivity index (χ0) is 14.4. The Kier molecular flexibility index (Phi) is 5.80. The van der Waals surface area contributed by atoms with Crippen LogP contribution in [0.3, 0.4) is 0 Å². The van der Waals surface area contributed by atoms with E-state index in [1.165, 1.54) is 5.57 Å². The summed E-state index contributed by atoms with van der Waals surface area (Å²) in [5.74, 6) is 1.04. The van der Waals surface area contributed by atoms with Gasteiger partial charge in [0.2, 0.25) is 0 Å². The molecule has 0 saturated carbocycles. The van der Waals surface area contributed by atoms with E-state index in [1.54, 1.807) is 6.92 Å². The van der Waals surface area contributed by atoms with Gasteiger partial charge in [0, 0.05) is 18.1 Å². The minimum atomic E-state index is 0.0355. The van der Waals surface area contributed by atoms with Gasteiger partial charge in [-0.05, 0) is 32.3 Å². The van der Waals surface area contributed by atoms with Crippen molar-refractivity contribution in [2.24, 2.45) is 11.8 Å². The highest BCUT2D eigenvalue weighted by atomic mass is 16.5. The lowest BCUT2D eigenvalue weighted by atomic mass is 9.88. The van der Waals surface area contributed by atoms with E-state index in [-0.39, 0.29) is 30.0 Å². The van der Waals surface area contributed by atoms with Gasteiger partial charge in [-0.3, -0.25) is 4.79 Å². The van der Waals surface area contributed by atoms with Gasteiger partial charge in [-0.2, -0.15) is 0 Å². The summed E-state index contributed by atoms with van der Waals surface area (Å²) in [5, 5.41) is 16.9. The molecule has 0 spiro atoms. The van der Waals surface area contributed by atoms with Crippen LogP contribution in [0.5, 0.6) is 0 Å². The summed E-state index contributed by atoms with van der Waals surface area (Å²) in [6.45, 7) is 5.67. The summed E-state index contributed by atoms with van der Waals surface area (Å²) >= 11 is 0. The van der Waals surface area contributed by atoms with Crippen LogP contribution in [0.1, 0.15) is 40.0 Å². The lowest BCUT2D eigenvalue weighted by Gasteiger charge is -2.22. The summed E-state index contributed by atoms with van der Waals surface area (Å²) < 4.78 is 5.34. The lowest BCUT2D eigenvalue weighted by molar-refractivity contribution is -0.120. The highest BCUT2D eigenvalue weighted by Gasteiger charge is 2.21. The van der Waals surface area contributed by atoms with E-state index in [2.05, 4.69) is 0 Å². The quantitative estimate of drug-likeness (QED) is 0.693. The smallest absolute Gasteiger partial charge is 0.157 e. The van der Waals surface area contributed by atoms with Crippen LogP contribution >= 0.6 is 0 Å². The fraction of sp³-hybridized carbons (Fsp3) is 0.600. The van der Waals surface area contributed by atoms with E-state index in [4.69, 9.17) is 10.1 Å². The molecule has 0 radical (unpaired) electrons. The molecule has 0 aliphatic heterocycles. The fourth-order valence-corrected chi connectivity index (χ4v) is 2.08. The largest absolute Gasteiger partial charge is 0.508 e. The van der Waals surface area contributed by atoms with Gasteiger partial charge in [0.25, 0.3) is 0 Å². The maximum Gasteiger partial charge on any atom is 0.157 e. The number of ether oxygens (including phenoxy) is 1. The Morgan fingerprint density at radius 3 is 2.95 bits per heavy atom. The number of hydrogen-bond donors (Lipinski definition) is 2. The third kappa shape index (κ3) is 4.54. The first kappa shape index (κ1) is 15.5. The van der Waals surface area contributed by atoms with Gasteiger partial charge >= 0.3 is 0 Å². The monoisotopic (exact) mass is 265 g/mol. The molecule has 1 rings (SSSR count). The molecule has 0 aromatic rings. The summed E-state index contributed by atoms with van der Waals surface area (Å²) in [6, 6.07) is 0.